The van der Waals surface area contributed by atoms with Crippen molar-refractivity contribution in [3.8, 4) is 0 Å². The van der Waals surface area contributed by atoms with Gasteiger partial charge in [0.15, 0.2) is 0 Å². The first-order valence-corrected chi connectivity index (χ1v) is 7.78. The molecule has 1 aromatic rings. The third-order valence-corrected chi connectivity index (χ3v) is 3.67. The molecule has 0 aliphatic carbocycles. The number of piperazine rings is 1. The van der Waals surface area contributed by atoms with E-state index in [4.69, 9.17) is 4.74 Å². The number of hydrogen-bond donors (Lipinski definition) is 1. The second kappa shape index (κ2) is 7.25. The van der Waals surface area contributed by atoms with E-state index in [-0.39, 0.29) is 5.60 Å². The van der Waals surface area contributed by atoms with Crippen LogP contribution in [0.2, 0.25) is 0 Å². The van der Waals surface area contributed by atoms with Crippen molar-refractivity contribution in [2.24, 2.45) is 0 Å². The second-order valence-electron chi connectivity index (χ2n) is 6.70. The summed E-state index contributed by atoms with van der Waals surface area (Å²) in [6, 6.07) is 10.5. The zero-order chi connectivity index (χ0) is 15.3. The Bertz CT molecular complexity index is 409. The Hall–Kier alpha value is -1.10. The van der Waals surface area contributed by atoms with E-state index in [1.807, 2.05) is 26.8 Å². The molecule has 21 heavy (non-hydrogen) atoms. The van der Waals surface area contributed by atoms with Crippen LogP contribution in [0.15, 0.2) is 30.3 Å². The molecule has 1 saturated heterocycles. The molecule has 1 N–H and O–H groups in total. The molecule has 118 valence electrons. The number of aliphatic hydroxyl groups excluding tert-OH is 1. The molecule has 2 rings (SSSR count). The summed E-state index contributed by atoms with van der Waals surface area (Å²) in [6.07, 6.45) is -0.410. The van der Waals surface area contributed by atoms with E-state index in [1.165, 1.54) is 5.69 Å². The lowest BCUT2D eigenvalue weighted by Gasteiger charge is -2.37. The van der Waals surface area contributed by atoms with Crippen LogP contribution >= 0.6 is 0 Å². The molecule has 0 aromatic heterocycles. The summed E-state index contributed by atoms with van der Waals surface area (Å²) >= 11 is 0. The van der Waals surface area contributed by atoms with Gasteiger partial charge in [-0.3, -0.25) is 4.90 Å². The molecule has 0 spiro atoms. The van der Waals surface area contributed by atoms with Crippen LogP contribution in [-0.2, 0) is 4.74 Å². The molecule has 0 bridgehead atoms. The highest BCUT2D eigenvalue weighted by atomic mass is 16.5. The highest BCUT2D eigenvalue weighted by Gasteiger charge is 2.20. The minimum absolute atomic E-state index is 0.188. The molecule has 0 amide bonds. The summed E-state index contributed by atoms with van der Waals surface area (Å²) in [7, 11) is 0. The predicted octanol–water partition coefficient (Wildman–Crippen LogP) is 1.98. The molecular formula is C17H28N2O2. The number of aliphatic hydroxyl groups is 1. The maximum atomic E-state index is 10.1. The molecule has 4 heteroatoms. The van der Waals surface area contributed by atoms with Gasteiger partial charge in [0.25, 0.3) is 0 Å². The van der Waals surface area contributed by atoms with Crippen LogP contribution in [0.4, 0.5) is 5.69 Å². The highest BCUT2D eigenvalue weighted by molar-refractivity contribution is 5.46. The normalized spacial score (nSPS) is 18.8. The van der Waals surface area contributed by atoms with Crippen molar-refractivity contribution in [3.63, 3.8) is 0 Å². The standard InChI is InChI=1S/C17H28N2O2/c1-17(2,3)21-14-16(20)13-18-9-11-19(12-10-18)15-7-5-4-6-8-15/h4-8,16,20H,9-14H2,1-3H3/t16-/m1/s1. The van der Waals surface area contributed by atoms with Crippen molar-refractivity contribution in [2.45, 2.75) is 32.5 Å². The SMILES string of the molecule is CC(C)(C)OC[C@H](O)CN1CCN(c2ccccc2)CC1. The predicted molar refractivity (Wildman–Crippen MR) is 86.8 cm³/mol. The van der Waals surface area contributed by atoms with Crippen molar-refractivity contribution in [3.05, 3.63) is 30.3 Å². The van der Waals surface area contributed by atoms with Gasteiger partial charge in [0.1, 0.15) is 0 Å². The van der Waals surface area contributed by atoms with Crippen molar-refractivity contribution in [2.75, 3.05) is 44.2 Å². The van der Waals surface area contributed by atoms with E-state index in [0.29, 0.717) is 13.2 Å². The number of para-hydroxylation sites is 1. The fraction of sp³-hybridized carbons (Fsp3) is 0.647. The van der Waals surface area contributed by atoms with Gasteiger partial charge in [-0.15, -0.1) is 0 Å². The van der Waals surface area contributed by atoms with Crippen molar-refractivity contribution in [1.82, 2.24) is 4.90 Å². The van der Waals surface area contributed by atoms with Crippen LogP contribution in [0.3, 0.4) is 0 Å². The fourth-order valence-electron chi connectivity index (χ4n) is 2.52. The minimum atomic E-state index is -0.410. The Labute approximate surface area is 128 Å². The number of anilines is 1. The Morgan fingerprint density at radius 2 is 1.71 bits per heavy atom. The molecule has 1 aliphatic rings. The summed E-state index contributed by atoms with van der Waals surface area (Å²) in [5, 5.41) is 10.1. The Kier molecular flexibility index (Phi) is 5.62. The summed E-state index contributed by atoms with van der Waals surface area (Å²) in [6.45, 7) is 11.1. The van der Waals surface area contributed by atoms with E-state index in [1.54, 1.807) is 0 Å². The second-order valence-corrected chi connectivity index (χ2v) is 6.70. The third-order valence-electron chi connectivity index (χ3n) is 3.67. The van der Waals surface area contributed by atoms with Crippen molar-refractivity contribution in [1.29, 1.82) is 0 Å². The highest BCUT2D eigenvalue weighted by Crippen LogP contribution is 2.15. The summed E-state index contributed by atoms with van der Waals surface area (Å²) < 4.78 is 5.64. The Morgan fingerprint density at radius 3 is 2.29 bits per heavy atom. The quantitative estimate of drug-likeness (QED) is 0.900. The zero-order valence-electron chi connectivity index (χ0n) is 13.5. The van der Waals surface area contributed by atoms with Crippen LogP contribution in [0.25, 0.3) is 0 Å². The number of ether oxygens (including phenoxy) is 1. The van der Waals surface area contributed by atoms with Crippen molar-refractivity contribution < 1.29 is 9.84 Å². The molecule has 1 aliphatic heterocycles. The lowest BCUT2D eigenvalue weighted by Crippen LogP contribution is -2.49. The molecule has 1 heterocycles. The Morgan fingerprint density at radius 1 is 1.10 bits per heavy atom. The van der Waals surface area contributed by atoms with Gasteiger partial charge >= 0.3 is 0 Å². The molecular weight excluding hydrogens is 264 g/mol. The number of nitrogens with zero attached hydrogens (tertiary/aromatic N) is 2. The summed E-state index contributed by atoms with van der Waals surface area (Å²) in [5.74, 6) is 0. The van der Waals surface area contributed by atoms with Gasteiger partial charge in [0.05, 0.1) is 18.3 Å². The van der Waals surface area contributed by atoms with E-state index in [9.17, 15) is 5.11 Å². The van der Waals surface area contributed by atoms with E-state index >= 15 is 0 Å². The lowest BCUT2D eigenvalue weighted by atomic mass is 10.2. The monoisotopic (exact) mass is 292 g/mol. The van der Waals surface area contributed by atoms with Gasteiger partial charge in [-0.1, -0.05) is 18.2 Å². The van der Waals surface area contributed by atoms with Crippen LogP contribution in [0, 0.1) is 0 Å². The van der Waals surface area contributed by atoms with Crippen LogP contribution in [0.5, 0.6) is 0 Å². The van der Waals surface area contributed by atoms with Gasteiger partial charge in [-0.2, -0.15) is 0 Å². The fourth-order valence-corrected chi connectivity index (χ4v) is 2.52. The van der Waals surface area contributed by atoms with Gasteiger partial charge in [0, 0.05) is 38.4 Å². The van der Waals surface area contributed by atoms with Gasteiger partial charge in [-0.25, -0.2) is 0 Å². The molecule has 4 nitrogen and oxygen atoms in total. The van der Waals surface area contributed by atoms with Gasteiger partial charge < -0.3 is 14.7 Å². The summed E-state index contributed by atoms with van der Waals surface area (Å²) in [4.78, 5) is 4.71. The van der Waals surface area contributed by atoms with Gasteiger partial charge in [0.2, 0.25) is 0 Å². The van der Waals surface area contributed by atoms with Crippen LogP contribution in [-0.4, -0.2) is 61.0 Å². The average Bonchev–Trinajstić information content (AvgIpc) is 2.46. The first kappa shape index (κ1) is 16.3. The third kappa shape index (κ3) is 5.65. The molecule has 1 atom stereocenters. The van der Waals surface area contributed by atoms with E-state index < -0.39 is 6.10 Å². The summed E-state index contributed by atoms with van der Waals surface area (Å²) in [5.41, 5.74) is 1.10. The number of benzene rings is 1. The number of β-amino-alcohol motifs (C(OH)–C–C–N with tert-alkyl or cyclic N) is 1. The molecule has 1 fully saturated rings. The molecule has 0 unspecified atom stereocenters. The average molecular weight is 292 g/mol. The van der Waals surface area contributed by atoms with Gasteiger partial charge in [-0.05, 0) is 32.9 Å². The Balaban J connectivity index is 1.72. The number of rotatable bonds is 5. The minimum Gasteiger partial charge on any atom is -0.389 e. The largest absolute Gasteiger partial charge is 0.389 e. The van der Waals surface area contributed by atoms with Crippen LogP contribution < -0.4 is 4.90 Å². The molecule has 1 aromatic carbocycles. The first-order valence-electron chi connectivity index (χ1n) is 7.78. The van der Waals surface area contributed by atoms with Crippen LogP contribution in [0.1, 0.15) is 20.8 Å². The smallest absolute Gasteiger partial charge is 0.0900 e. The maximum absolute atomic E-state index is 10.1. The number of hydrogen-bond acceptors (Lipinski definition) is 4. The zero-order valence-corrected chi connectivity index (χ0v) is 13.5. The molecule has 0 radical (unpaired) electrons. The van der Waals surface area contributed by atoms with E-state index in [2.05, 4.69) is 34.1 Å². The topological polar surface area (TPSA) is 35.9 Å². The first-order chi connectivity index (χ1) is 9.94. The molecule has 0 saturated carbocycles. The van der Waals surface area contributed by atoms with E-state index in [0.717, 1.165) is 26.2 Å². The van der Waals surface area contributed by atoms with Crippen molar-refractivity contribution >= 4 is 5.69 Å². The maximum Gasteiger partial charge on any atom is 0.0900 e. The lowest BCUT2D eigenvalue weighted by molar-refractivity contribution is -0.0563.